The van der Waals surface area contributed by atoms with Gasteiger partial charge in [-0.1, -0.05) is 0 Å². The summed E-state index contributed by atoms with van der Waals surface area (Å²) >= 11 is 0. The molecule has 0 atom stereocenters. The van der Waals surface area contributed by atoms with Crippen LogP contribution in [0.1, 0.15) is 1.43 Å². The minimum Gasteiger partial charge on any atom is -1.00 e. The van der Waals surface area contributed by atoms with Crippen molar-refractivity contribution >= 4 is 0 Å². The number of rotatable bonds is 2. The van der Waals surface area contributed by atoms with Crippen LogP contribution in [0.5, 0.6) is 0 Å². The molecule has 0 bridgehead atoms. The van der Waals surface area contributed by atoms with E-state index in [0.717, 1.165) is 0 Å². The van der Waals surface area contributed by atoms with Gasteiger partial charge in [-0.2, -0.15) is 0 Å². The SMILES string of the molecule is CNCCO.[H-].[Na+]. The maximum absolute atomic E-state index is 8.00. The summed E-state index contributed by atoms with van der Waals surface area (Å²) in [6.07, 6.45) is 0. The summed E-state index contributed by atoms with van der Waals surface area (Å²) in [5.41, 5.74) is 0. The molecule has 0 radical (unpaired) electrons. The minimum absolute atomic E-state index is 0. The Bertz CT molecular complexity index is 22.4. The average Bonchev–Trinajstić information content (AvgIpc) is 1.41. The van der Waals surface area contributed by atoms with Gasteiger partial charge in [-0.3, -0.25) is 0 Å². The van der Waals surface area contributed by atoms with E-state index in [4.69, 9.17) is 5.11 Å². The van der Waals surface area contributed by atoms with Crippen molar-refractivity contribution in [3.63, 3.8) is 0 Å². The fourth-order valence-electron chi connectivity index (χ4n) is 0.112. The standard InChI is InChI=1S/C3H9NO.Na.H/c1-4-2-3-5;;/h4-5H,2-3H2,1H3;;/q;+1;-1. The van der Waals surface area contributed by atoms with E-state index in [-0.39, 0.29) is 37.6 Å². The third-order valence-electron chi connectivity index (χ3n) is 0.362. The summed E-state index contributed by atoms with van der Waals surface area (Å²) in [6, 6.07) is 0. The molecule has 0 rings (SSSR count). The van der Waals surface area contributed by atoms with Gasteiger partial charge in [0.05, 0.1) is 6.61 Å². The molecule has 0 aromatic rings. The first-order valence-corrected chi connectivity index (χ1v) is 1.67. The van der Waals surface area contributed by atoms with Crippen LogP contribution in [0.2, 0.25) is 0 Å². The third kappa shape index (κ3) is 8.87. The Morgan fingerprint density at radius 3 is 2.33 bits per heavy atom. The maximum atomic E-state index is 8.00. The molecule has 0 saturated carbocycles. The molecule has 0 aromatic heterocycles. The molecule has 0 heterocycles. The number of nitrogens with one attached hydrogen (secondary N) is 1. The summed E-state index contributed by atoms with van der Waals surface area (Å²) in [5, 5.41) is 10.8. The van der Waals surface area contributed by atoms with Crippen LogP contribution in [0.25, 0.3) is 0 Å². The first kappa shape index (κ1) is 10.0. The Morgan fingerprint density at radius 2 is 2.33 bits per heavy atom. The minimum atomic E-state index is 0. The third-order valence-corrected chi connectivity index (χ3v) is 0.362. The molecular weight excluding hydrogens is 89.0 g/mol. The van der Waals surface area contributed by atoms with Gasteiger partial charge >= 0.3 is 29.6 Å². The Kier molecular flexibility index (Phi) is 15.6. The molecule has 0 amide bonds. The zero-order valence-electron chi connectivity index (χ0n) is 5.36. The predicted octanol–water partition coefficient (Wildman–Crippen LogP) is -3.69. The summed E-state index contributed by atoms with van der Waals surface area (Å²) < 4.78 is 0. The summed E-state index contributed by atoms with van der Waals surface area (Å²) in [5.74, 6) is 0. The monoisotopic (exact) mass is 99.1 g/mol. The molecule has 3 heteroatoms. The second-order valence-electron chi connectivity index (χ2n) is 0.827. The van der Waals surface area contributed by atoms with Crippen molar-refractivity contribution in [1.82, 2.24) is 5.32 Å². The van der Waals surface area contributed by atoms with Crippen molar-refractivity contribution in [2.75, 3.05) is 20.2 Å². The van der Waals surface area contributed by atoms with E-state index in [1.54, 1.807) is 7.05 Å². The maximum Gasteiger partial charge on any atom is 1.00 e. The molecule has 0 aliphatic rings. The topological polar surface area (TPSA) is 32.3 Å². The van der Waals surface area contributed by atoms with Crippen molar-refractivity contribution < 1.29 is 36.1 Å². The summed E-state index contributed by atoms with van der Waals surface area (Å²) in [4.78, 5) is 0. The van der Waals surface area contributed by atoms with E-state index in [1.807, 2.05) is 0 Å². The molecular formula is C3H10NNaO. The van der Waals surface area contributed by atoms with Crippen LogP contribution >= 0.6 is 0 Å². The average molecular weight is 99.1 g/mol. The van der Waals surface area contributed by atoms with E-state index >= 15 is 0 Å². The van der Waals surface area contributed by atoms with Crippen LogP contribution in [0.4, 0.5) is 0 Å². The second kappa shape index (κ2) is 9.33. The Labute approximate surface area is 61.7 Å². The Balaban J connectivity index is -0.0000000800. The van der Waals surface area contributed by atoms with Gasteiger partial charge in [-0.15, -0.1) is 0 Å². The zero-order valence-corrected chi connectivity index (χ0v) is 6.36. The molecule has 34 valence electrons. The summed E-state index contributed by atoms with van der Waals surface area (Å²) in [6.45, 7) is 0.927. The van der Waals surface area contributed by atoms with Crippen molar-refractivity contribution in [2.24, 2.45) is 0 Å². The molecule has 0 aliphatic carbocycles. The second-order valence-corrected chi connectivity index (χ2v) is 0.827. The van der Waals surface area contributed by atoms with E-state index in [2.05, 4.69) is 5.32 Å². The molecule has 2 nitrogen and oxygen atoms in total. The molecule has 0 aliphatic heterocycles. The van der Waals surface area contributed by atoms with Crippen LogP contribution in [-0.4, -0.2) is 25.3 Å². The smallest absolute Gasteiger partial charge is 1.00 e. The largest absolute Gasteiger partial charge is 1.00 e. The number of hydrogen-bond donors (Lipinski definition) is 2. The number of hydrogen-bond acceptors (Lipinski definition) is 2. The van der Waals surface area contributed by atoms with E-state index in [0.29, 0.717) is 6.54 Å². The van der Waals surface area contributed by atoms with Gasteiger partial charge < -0.3 is 11.8 Å². The number of likely N-dealkylation sites (N-methyl/N-ethyl adjacent to an activating group) is 1. The quantitative estimate of drug-likeness (QED) is 0.349. The summed E-state index contributed by atoms with van der Waals surface area (Å²) in [7, 11) is 1.80. The fraction of sp³-hybridized carbons (Fsp3) is 1.00. The van der Waals surface area contributed by atoms with E-state index < -0.39 is 0 Å². The van der Waals surface area contributed by atoms with Gasteiger partial charge in [0.1, 0.15) is 0 Å². The van der Waals surface area contributed by atoms with E-state index in [9.17, 15) is 0 Å². The fourth-order valence-corrected chi connectivity index (χ4v) is 0.112. The zero-order chi connectivity index (χ0) is 4.12. The van der Waals surface area contributed by atoms with Crippen LogP contribution in [0, 0.1) is 0 Å². The molecule has 6 heavy (non-hydrogen) atoms. The van der Waals surface area contributed by atoms with Crippen LogP contribution < -0.4 is 34.9 Å². The van der Waals surface area contributed by atoms with Crippen molar-refractivity contribution in [3.8, 4) is 0 Å². The van der Waals surface area contributed by atoms with Crippen molar-refractivity contribution in [3.05, 3.63) is 0 Å². The van der Waals surface area contributed by atoms with Crippen LogP contribution in [0.3, 0.4) is 0 Å². The Hall–Kier alpha value is 0.920. The first-order valence-electron chi connectivity index (χ1n) is 1.67. The van der Waals surface area contributed by atoms with Gasteiger partial charge in [-0.05, 0) is 7.05 Å². The molecule has 0 aromatic carbocycles. The molecule has 0 unspecified atom stereocenters. The normalized spacial score (nSPS) is 7.00. The molecule has 2 N–H and O–H groups in total. The number of aliphatic hydroxyl groups excluding tert-OH is 1. The number of aliphatic hydroxyl groups is 1. The van der Waals surface area contributed by atoms with Gasteiger partial charge in [0, 0.05) is 6.54 Å². The van der Waals surface area contributed by atoms with Gasteiger partial charge in [0.25, 0.3) is 0 Å². The molecule has 0 saturated heterocycles. The molecule has 0 fully saturated rings. The Morgan fingerprint density at radius 1 is 1.83 bits per heavy atom. The van der Waals surface area contributed by atoms with Crippen molar-refractivity contribution in [2.45, 2.75) is 0 Å². The van der Waals surface area contributed by atoms with Gasteiger partial charge in [0.2, 0.25) is 0 Å². The van der Waals surface area contributed by atoms with Crippen LogP contribution in [-0.2, 0) is 0 Å². The van der Waals surface area contributed by atoms with Gasteiger partial charge in [0.15, 0.2) is 0 Å². The van der Waals surface area contributed by atoms with Gasteiger partial charge in [-0.25, -0.2) is 0 Å². The predicted molar refractivity (Wildman–Crippen MR) is 22.1 cm³/mol. The first-order chi connectivity index (χ1) is 2.41. The molecule has 0 spiro atoms. The van der Waals surface area contributed by atoms with Crippen LogP contribution in [0.15, 0.2) is 0 Å². The van der Waals surface area contributed by atoms with E-state index in [1.165, 1.54) is 0 Å². The van der Waals surface area contributed by atoms with Crippen molar-refractivity contribution in [1.29, 1.82) is 0 Å².